The summed E-state index contributed by atoms with van der Waals surface area (Å²) >= 11 is 0. The lowest BCUT2D eigenvalue weighted by Gasteiger charge is -2.32. The molecule has 0 radical (unpaired) electrons. The molecular weight excluding hydrogens is 493 g/mol. The van der Waals surface area contributed by atoms with Crippen LogP contribution in [0.1, 0.15) is 59.4 Å². The van der Waals surface area contributed by atoms with E-state index in [2.05, 4.69) is 36.2 Å². The molecule has 2 aliphatic rings. The first-order valence-corrected chi connectivity index (χ1v) is 13.0. The van der Waals surface area contributed by atoms with E-state index in [1.165, 1.54) is 25.5 Å². The number of ether oxygens (including phenoxy) is 1. The van der Waals surface area contributed by atoms with Crippen molar-refractivity contribution >= 4 is 11.6 Å². The number of rotatable bonds is 7. The average molecular weight is 527 g/mol. The van der Waals surface area contributed by atoms with Gasteiger partial charge in [-0.25, -0.2) is 4.68 Å². The molecule has 1 saturated carbocycles. The molecule has 1 amide bonds. The first kappa shape index (κ1) is 26.3. The van der Waals surface area contributed by atoms with Crippen LogP contribution in [0.3, 0.4) is 0 Å². The van der Waals surface area contributed by atoms with Gasteiger partial charge in [-0.2, -0.15) is 18.3 Å². The zero-order valence-electron chi connectivity index (χ0n) is 22.0. The fraction of sp³-hybridized carbons (Fsp3) is 0.448. The number of carbonyl (C=O) groups is 1. The molecule has 0 atom stereocenters. The summed E-state index contributed by atoms with van der Waals surface area (Å²) in [5.41, 5.74) is 1.35. The van der Waals surface area contributed by atoms with Gasteiger partial charge in [0.1, 0.15) is 11.4 Å². The van der Waals surface area contributed by atoms with Crippen LogP contribution in [0.4, 0.5) is 18.9 Å². The van der Waals surface area contributed by atoms with Gasteiger partial charge >= 0.3 is 6.18 Å². The zero-order valence-corrected chi connectivity index (χ0v) is 22.0. The lowest BCUT2D eigenvalue weighted by Crippen LogP contribution is -2.39. The van der Waals surface area contributed by atoms with Gasteiger partial charge in [-0.15, -0.1) is 0 Å². The average Bonchev–Trinajstić information content (AvgIpc) is 3.54. The Labute approximate surface area is 221 Å². The highest BCUT2D eigenvalue weighted by Gasteiger charge is 2.43. The predicted octanol–water partition coefficient (Wildman–Crippen LogP) is 5.87. The van der Waals surface area contributed by atoms with Gasteiger partial charge in [0.15, 0.2) is 5.69 Å². The van der Waals surface area contributed by atoms with Crippen molar-refractivity contribution in [2.45, 2.75) is 50.1 Å². The molecule has 3 aromatic rings. The van der Waals surface area contributed by atoms with Crippen molar-refractivity contribution in [3.8, 4) is 11.4 Å². The minimum atomic E-state index is -4.66. The van der Waals surface area contributed by atoms with E-state index in [0.717, 1.165) is 30.5 Å². The van der Waals surface area contributed by atoms with Crippen LogP contribution in [0.15, 0.2) is 48.5 Å². The van der Waals surface area contributed by atoms with Crippen LogP contribution in [-0.2, 0) is 18.0 Å². The number of amides is 1. The molecule has 6 nitrogen and oxygen atoms in total. The minimum Gasteiger partial charge on any atom is -0.497 e. The molecule has 0 N–H and O–H groups in total. The first-order valence-electron chi connectivity index (χ1n) is 13.0. The Morgan fingerprint density at radius 3 is 2.21 bits per heavy atom. The molecule has 1 aromatic heterocycles. The summed E-state index contributed by atoms with van der Waals surface area (Å²) in [7, 11) is 5.68. The Morgan fingerprint density at radius 1 is 1.00 bits per heavy atom. The second kappa shape index (κ2) is 10.1. The maximum absolute atomic E-state index is 13.9. The van der Waals surface area contributed by atoms with Crippen LogP contribution in [0.25, 0.3) is 5.69 Å². The summed E-state index contributed by atoms with van der Waals surface area (Å²) in [6.07, 6.45) is 1.20. The zero-order chi connectivity index (χ0) is 27.1. The number of methoxy groups -OCH3 is 1. The van der Waals surface area contributed by atoms with Crippen molar-refractivity contribution in [1.29, 1.82) is 0 Å². The van der Waals surface area contributed by atoms with Gasteiger partial charge in [0, 0.05) is 17.8 Å². The molecule has 0 spiro atoms. The van der Waals surface area contributed by atoms with Crippen molar-refractivity contribution in [2.24, 2.45) is 0 Å². The SMILES string of the molecule is COc1ccc(-n2nc(C(F)(F)F)c3c2C(=O)N(c2ccc(C4(CCN(C)C)CCCC4)cc2)CC3)cc1. The molecule has 5 rings (SSSR count). The van der Waals surface area contributed by atoms with Crippen LogP contribution < -0.4 is 9.64 Å². The second-order valence-electron chi connectivity index (χ2n) is 10.6. The number of carbonyl (C=O) groups excluding carboxylic acids is 1. The van der Waals surface area contributed by atoms with E-state index in [9.17, 15) is 18.0 Å². The highest BCUT2D eigenvalue weighted by Crippen LogP contribution is 2.44. The van der Waals surface area contributed by atoms with Gasteiger partial charge in [-0.05, 0) is 93.7 Å². The summed E-state index contributed by atoms with van der Waals surface area (Å²) in [6.45, 7) is 1.17. The Morgan fingerprint density at radius 2 is 1.63 bits per heavy atom. The van der Waals surface area contributed by atoms with Crippen molar-refractivity contribution in [1.82, 2.24) is 14.7 Å². The Hall–Kier alpha value is -3.33. The molecule has 1 aliphatic heterocycles. The number of aromatic nitrogens is 2. The van der Waals surface area contributed by atoms with Gasteiger partial charge in [0.25, 0.3) is 5.91 Å². The van der Waals surface area contributed by atoms with E-state index in [1.54, 1.807) is 29.2 Å². The predicted molar refractivity (Wildman–Crippen MR) is 140 cm³/mol. The monoisotopic (exact) mass is 526 g/mol. The lowest BCUT2D eigenvalue weighted by molar-refractivity contribution is -0.141. The van der Waals surface area contributed by atoms with E-state index >= 15 is 0 Å². The lowest BCUT2D eigenvalue weighted by atomic mass is 9.76. The highest BCUT2D eigenvalue weighted by atomic mass is 19.4. The fourth-order valence-electron chi connectivity index (χ4n) is 5.91. The molecule has 202 valence electrons. The van der Waals surface area contributed by atoms with Crippen LogP contribution in [0.2, 0.25) is 0 Å². The third-order valence-corrected chi connectivity index (χ3v) is 7.99. The molecule has 2 aromatic carbocycles. The molecule has 9 heteroatoms. The minimum absolute atomic E-state index is 0.0453. The van der Waals surface area contributed by atoms with Gasteiger partial charge in [0.2, 0.25) is 0 Å². The summed E-state index contributed by atoms with van der Waals surface area (Å²) < 4.78 is 48.0. The summed E-state index contributed by atoms with van der Waals surface area (Å²) in [6, 6.07) is 14.5. The molecule has 0 bridgehead atoms. The Bertz CT molecular complexity index is 1290. The standard InChI is InChI=1S/C29H33F3N4O2/c1-34(2)19-17-28(15-4-5-16-28)20-6-8-21(9-7-20)35-18-14-24-25(27(35)37)36(33-26(24)29(30,31)32)22-10-12-23(38-3)13-11-22/h6-13H,4-5,14-19H2,1-3H3. The van der Waals surface area contributed by atoms with Crippen LogP contribution in [0.5, 0.6) is 5.75 Å². The maximum atomic E-state index is 13.9. The normalized spacial score (nSPS) is 17.2. The maximum Gasteiger partial charge on any atom is 0.435 e. The van der Waals surface area contributed by atoms with E-state index in [-0.39, 0.29) is 29.6 Å². The molecule has 1 aliphatic carbocycles. The second-order valence-corrected chi connectivity index (χ2v) is 10.6. The number of hydrogen-bond acceptors (Lipinski definition) is 4. The van der Waals surface area contributed by atoms with E-state index in [4.69, 9.17) is 4.74 Å². The highest BCUT2D eigenvalue weighted by molar-refractivity contribution is 6.07. The van der Waals surface area contributed by atoms with Crippen LogP contribution in [-0.4, -0.2) is 54.9 Å². The van der Waals surface area contributed by atoms with Crippen molar-refractivity contribution < 1.29 is 22.7 Å². The largest absolute Gasteiger partial charge is 0.497 e. The van der Waals surface area contributed by atoms with Gasteiger partial charge in [0.05, 0.1) is 12.8 Å². The van der Waals surface area contributed by atoms with Gasteiger partial charge in [-0.3, -0.25) is 4.79 Å². The Kier molecular flexibility index (Phi) is 6.98. The van der Waals surface area contributed by atoms with E-state index in [0.29, 0.717) is 17.1 Å². The summed E-state index contributed by atoms with van der Waals surface area (Å²) in [4.78, 5) is 17.5. The summed E-state index contributed by atoms with van der Waals surface area (Å²) in [5.74, 6) is 0.0745. The fourth-order valence-corrected chi connectivity index (χ4v) is 5.91. The number of halogens is 3. The number of alkyl halides is 3. The summed E-state index contributed by atoms with van der Waals surface area (Å²) in [5, 5.41) is 3.88. The quantitative estimate of drug-likeness (QED) is 0.387. The molecule has 38 heavy (non-hydrogen) atoms. The number of nitrogens with zero attached hydrogens (tertiary/aromatic N) is 4. The van der Waals surface area contributed by atoms with Crippen molar-refractivity contribution in [3.05, 3.63) is 71.0 Å². The van der Waals surface area contributed by atoms with E-state index in [1.807, 2.05) is 12.1 Å². The van der Waals surface area contributed by atoms with Gasteiger partial charge in [-0.1, -0.05) is 25.0 Å². The Balaban J connectivity index is 1.48. The van der Waals surface area contributed by atoms with Crippen molar-refractivity contribution in [2.75, 3.05) is 39.2 Å². The number of benzene rings is 2. The first-order chi connectivity index (χ1) is 18.1. The van der Waals surface area contributed by atoms with Gasteiger partial charge < -0.3 is 14.5 Å². The smallest absolute Gasteiger partial charge is 0.435 e. The molecular formula is C29H33F3N4O2. The molecule has 1 fully saturated rings. The molecule has 0 saturated heterocycles. The van der Waals surface area contributed by atoms with Crippen LogP contribution >= 0.6 is 0 Å². The van der Waals surface area contributed by atoms with Crippen LogP contribution in [0, 0.1) is 0 Å². The number of hydrogen-bond donors (Lipinski definition) is 0. The third kappa shape index (κ3) is 4.79. The van der Waals surface area contributed by atoms with E-state index < -0.39 is 17.8 Å². The number of fused-ring (bicyclic) bond motifs is 1. The molecule has 2 heterocycles. The third-order valence-electron chi connectivity index (χ3n) is 7.99. The number of anilines is 1. The molecule has 0 unspecified atom stereocenters. The topological polar surface area (TPSA) is 50.6 Å². The van der Waals surface area contributed by atoms with Crippen molar-refractivity contribution in [3.63, 3.8) is 0 Å².